The molecule has 1 atom stereocenters. The zero-order valence-corrected chi connectivity index (χ0v) is 13.3. The first kappa shape index (κ1) is 16.7. The number of aliphatic carboxylic acids is 1. The third-order valence-electron chi connectivity index (χ3n) is 2.79. The molecule has 2 N–H and O–H groups in total. The van der Waals surface area contributed by atoms with Gasteiger partial charge < -0.3 is 15.2 Å². The predicted octanol–water partition coefficient (Wildman–Crippen LogP) is 2.37. The van der Waals surface area contributed by atoms with Crippen molar-refractivity contribution >= 4 is 27.8 Å². The first-order valence-electron chi connectivity index (χ1n) is 6.07. The molecule has 6 heteroatoms. The van der Waals surface area contributed by atoms with Gasteiger partial charge in [-0.2, -0.15) is 0 Å². The van der Waals surface area contributed by atoms with Gasteiger partial charge in [0.25, 0.3) is 5.91 Å². The molecular weight excluding hydrogens is 326 g/mol. The number of rotatable bonds is 6. The van der Waals surface area contributed by atoms with E-state index < -0.39 is 11.5 Å². The number of hydrogen-bond donors (Lipinski definition) is 2. The number of amides is 1. The van der Waals surface area contributed by atoms with E-state index in [0.29, 0.717) is 10.0 Å². The Morgan fingerprint density at radius 2 is 2.10 bits per heavy atom. The zero-order chi connectivity index (χ0) is 15.3. The fourth-order valence-corrected chi connectivity index (χ4v) is 2.60. The van der Waals surface area contributed by atoms with Crippen LogP contribution in [0.15, 0.2) is 22.7 Å². The van der Waals surface area contributed by atoms with Gasteiger partial charge in [0.1, 0.15) is 0 Å². The lowest BCUT2D eigenvalue weighted by Gasteiger charge is -2.28. The Bertz CT molecular complexity index is 518. The normalized spacial score (nSPS) is 13.6. The SMILES string of the molecule is COCC(C)(CC(=O)O)NC(=O)c1ccc(C)cc1Br. The minimum atomic E-state index is -0.993. The molecule has 20 heavy (non-hydrogen) atoms. The fourth-order valence-electron chi connectivity index (χ4n) is 1.93. The van der Waals surface area contributed by atoms with Crippen LogP contribution in [0.1, 0.15) is 29.3 Å². The van der Waals surface area contributed by atoms with Gasteiger partial charge in [0.05, 0.1) is 24.1 Å². The second-order valence-electron chi connectivity index (χ2n) is 5.00. The van der Waals surface area contributed by atoms with Gasteiger partial charge in [0.15, 0.2) is 0 Å². The molecule has 0 aliphatic heterocycles. The zero-order valence-electron chi connectivity index (χ0n) is 11.7. The molecule has 0 spiro atoms. The van der Waals surface area contributed by atoms with E-state index in [4.69, 9.17) is 9.84 Å². The number of hydrogen-bond acceptors (Lipinski definition) is 3. The van der Waals surface area contributed by atoms with Crippen LogP contribution < -0.4 is 5.32 Å². The van der Waals surface area contributed by atoms with E-state index in [1.54, 1.807) is 13.0 Å². The lowest BCUT2D eigenvalue weighted by atomic mass is 9.98. The Morgan fingerprint density at radius 1 is 1.45 bits per heavy atom. The van der Waals surface area contributed by atoms with Gasteiger partial charge in [-0.1, -0.05) is 6.07 Å². The van der Waals surface area contributed by atoms with Gasteiger partial charge in [0, 0.05) is 11.6 Å². The number of carbonyl (C=O) groups is 2. The van der Waals surface area contributed by atoms with Crippen LogP contribution in [0.5, 0.6) is 0 Å². The molecule has 0 bridgehead atoms. The highest BCUT2D eigenvalue weighted by Gasteiger charge is 2.30. The number of carboxylic acids is 1. The predicted molar refractivity (Wildman–Crippen MR) is 78.9 cm³/mol. The van der Waals surface area contributed by atoms with E-state index in [-0.39, 0.29) is 18.9 Å². The third-order valence-corrected chi connectivity index (χ3v) is 3.44. The Kier molecular flexibility index (Phi) is 5.71. The molecule has 0 saturated heterocycles. The van der Waals surface area contributed by atoms with Crippen LogP contribution in [0.4, 0.5) is 0 Å². The second kappa shape index (κ2) is 6.85. The summed E-state index contributed by atoms with van der Waals surface area (Å²) < 4.78 is 5.68. The summed E-state index contributed by atoms with van der Waals surface area (Å²) in [4.78, 5) is 23.2. The van der Waals surface area contributed by atoms with Crippen molar-refractivity contribution in [2.24, 2.45) is 0 Å². The third kappa shape index (κ3) is 4.61. The molecule has 0 fully saturated rings. The molecule has 1 aromatic rings. The summed E-state index contributed by atoms with van der Waals surface area (Å²) >= 11 is 3.34. The molecule has 0 aromatic heterocycles. The van der Waals surface area contributed by atoms with Crippen molar-refractivity contribution in [3.8, 4) is 0 Å². The molecular formula is C14H18BrNO4. The van der Waals surface area contributed by atoms with Gasteiger partial charge in [-0.05, 0) is 47.5 Å². The average molecular weight is 344 g/mol. The second-order valence-corrected chi connectivity index (χ2v) is 5.86. The number of ether oxygens (including phenoxy) is 1. The Hall–Kier alpha value is -1.40. The van der Waals surface area contributed by atoms with Crippen LogP contribution in [0.3, 0.4) is 0 Å². The van der Waals surface area contributed by atoms with Gasteiger partial charge in [0.2, 0.25) is 0 Å². The summed E-state index contributed by atoms with van der Waals surface area (Å²) in [5, 5.41) is 11.7. The number of nitrogens with one attached hydrogen (secondary N) is 1. The first-order valence-corrected chi connectivity index (χ1v) is 6.86. The molecule has 0 saturated carbocycles. The first-order chi connectivity index (χ1) is 9.27. The number of halogens is 1. The summed E-state index contributed by atoms with van der Waals surface area (Å²) in [7, 11) is 1.47. The number of aryl methyl sites for hydroxylation is 1. The summed E-state index contributed by atoms with van der Waals surface area (Å²) in [6, 6.07) is 5.35. The van der Waals surface area contributed by atoms with E-state index in [2.05, 4.69) is 21.2 Å². The molecule has 0 heterocycles. The lowest BCUT2D eigenvalue weighted by molar-refractivity contribution is -0.139. The molecule has 0 aliphatic rings. The van der Waals surface area contributed by atoms with Crippen molar-refractivity contribution in [2.75, 3.05) is 13.7 Å². The molecule has 1 rings (SSSR count). The molecule has 0 radical (unpaired) electrons. The van der Waals surface area contributed by atoms with Crippen LogP contribution in [0.2, 0.25) is 0 Å². The van der Waals surface area contributed by atoms with E-state index in [1.165, 1.54) is 7.11 Å². The topological polar surface area (TPSA) is 75.6 Å². The minimum Gasteiger partial charge on any atom is -0.481 e. The number of methoxy groups -OCH3 is 1. The van der Waals surface area contributed by atoms with E-state index in [0.717, 1.165) is 5.56 Å². The van der Waals surface area contributed by atoms with Crippen molar-refractivity contribution < 1.29 is 19.4 Å². The Morgan fingerprint density at radius 3 is 2.60 bits per heavy atom. The van der Waals surface area contributed by atoms with Crippen molar-refractivity contribution in [2.45, 2.75) is 25.8 Å². The van der Waals surface area contributed by atoms with Crippen molar-refractivity contribution in [3.05, 3.63) is 33.8 Å². The van der Waals surface area contributed by atoms with E-state index >= 15 is 0 Å². The van der Waals surface area contributed by atoms with E-state index in [9.17, 15) is 9.59 Å². The molecule has 1 aromatic carbocycles. The maximum Gasteiger partial charge on any atom is 0.305 e. The minimum absolute atomic E-state index is 0.120. The Balaban J connectivity index is 2.93. The average Bonchev–Trinajstić information content (AvgIpc) is 2.26. The van der Waals surface area contributed by atoms with E-state index in [1.807, 2.05) is 19.1 Å². The lowest BCUT2D eigenvalue weighted by Crippen LogP contribution is -2.50. The van der Waals surface area contributed by atoms with Gasteiger partial charge in [-0.3, -0.25) is 9.59 Å². The maximum absolute atomic E-state index is 12.3. The summed E-state index contributed by atoms with van der Waals surface area (Å²) in [5.74, 6) is -1.33. The van der Waals surface area contributed by atoms with Crippen molar-refractivity contribution in [1.82, 2.24) is 5.32 Å². The smallest absolute Gasteiger partial charge is 0.305 e. The van der Waals surface area contributed by atoms with Crippen LogP contribution >= 0.6 is 15.9 Å². The van der Waals surface area contributed by atoms with Crippen LogP contribution in [0, 0.1) is 6.92 Å². The molecule has 0 aliphatic carbocycles. The van der Waals surface area contributed by atoms with Gasteiger partial charge in [-0.15, -0.1) is 0 Å². The highest BCUT2D eigenvalue weighted by Crippen LogP contribution is 2.20. The number of benzene rings is 1. The monoisotopic (exact) mass is 343 g/mol. The Labute approximate surface area is 126 Å². The highest BCUT2D eigenvalue weighted by atomic mass is 79.9. The number of carboxylic acid groups (broad SMARTS) is 1. The van der Waals surface area contributed by atoms with Crippen molar-refractivity contribution in [3.63, 3.8) is 0 Å². The quantitative estimate of drug-likeness (QED) is 0.831. The van der Waals surface area contributed by atoms with Gasteiger partial charge >= 0.3 is 5.97 Å². The summed E-state index contributed by atoms with van der Waals surface area (Å²) in [6.07, 6.45) is -0.212. The highest BCUT2D eigenvalue weighted by molar-refractivity contribution is 9.10. The molecule has 1 amide bonds. The van der Waals surface area contributed by atoms with Crippen LogP contribution in [-0.4, -0.2) is 36.2 Å². The molecule has 110 valence electrons. The van der Waals surface area contributed by atoms with Crippen molar-refractivity contribution in [1.29, 1.82) is 0 Å². The summed E-state index contributed by atoms with van der Waals surface area (Å²) in [5.41, 5.74) is 0.532. The number of carbonyl (C=O) groups excluding carboxylic acids is 1. The summed E-state index contributed by atoms with van der Waals surface area (Å²) in [6.45, 7) is 3.69. The maximum atomic E-state index is 12.3. The van der Waals surface area contributed by atoms with Crippen LogP contribution in [-0.2, 0) is 9.53 Å². The standard InChI is InChI=1S/C14H18BrNO4/c1-9-4-5-10(11(15)6-9)13(19)16-14(2,8-20-3)7-12(17)18/h4-6H,7-8H2,1-3H3,(H,16,19)(H,17,18). The van der Waals surface area contributed by atoms with Crippen LogP contribution in [0.25, 0.3) is 0 Å². The molecule has 1 unspecified atom stereocenters. The fraction of sp³-hybridized carbons (Fsp3) is 0.429. The van der Waals surface area contributed by atoms with Gasteiger partial charge in [-0.25, -0.2) is 0 Å². The molecule has 5 nitrogen and oxygen atoms in total. The largest absolute Gasteiger partial charge is 0.481 e.